The van der Waals surface area contributed by atoms with Crippen molar-refractivity contribution in [3.05, 3.63) is 75.7 Å². The number of hydrogen-bond donors (Lipinski definition) is 2. The molecule has 0 atom stereocenters. The van der Waals surface area contributed by atoms with E-state index in [9.17, 15) is 9.59 Å². The molecule has 7 heteroatoms. The highest BCUT2D eigenvalue weighted by atomic mass is 32.1. The van der Waals surface area contributed by atoms with Gasteiger partial charge in [-0.05, 0) is 74.1 Å². The van der Waals surface area contributed by atoms with Crippen LogP contribution in [0.2, 0.25) is 0 Å². The van der Waals surface area contributed by atoms with Gasteiger partial charge < -0.3 is 15.8 Å². The first kappa shape index (κ1) is 24.0. The number of amides is 2. The lowest BCUT2D eigenvalue weighted by molar-refractivity contribution is 0.100. The quantitative estimate of drug-likeness (QED) is 0.337. The average Bonchev–Trinajstić information content (AvgIpc) is 3.19. The number of hydrogen-bond acceptors (Lipinski definition) is 5. The highest BCUT2D eigenvalue weighted by Gasteiger charge is 2.26. The van der Waals surface area contributed by atoms with Crippen LogP contribution in [0.25, 0.3) is 22.2 Å². The number of nitrogens with zero attached hydrogens (tertiary/aromatic N) is 1. The van der Waals surface area contributed by atoms with Crippen molar-refractivity contribution < 1.29 is 14.3 Å². The van der Waals surface area contributed by atoms with Crippen molar-refractivity contribution in [3.63, 3.8) is 0 Å². The third-order valence-electron chi connectivity index (χ3n) is 6.87. The Hall–Kier alpha value is -3.71. The van der Waals surface area contributed by atoms with E-state index >= 15 is 0 Å². The number of carbonyl (C=O) groups excluding carboxylic acids is 2. The van der Waals surface area contributed by atoms with E-state index in [1.807, 2.05) is 55.5 Å². The van der Waals surface area contributed by atoms with E-state index in [1.165, 1.54) is 17.8 Å². The van der Waals surface area contributed by atoms with Gasteiger partial charge in [0, 0.05) is 15.8 Å². The Kier molecular flexibility index (Phi) is 6.74. The summed E-state index contributed by atoms with van der Waals surface area (Å²) in [6, 6.07) is 15.3. The van der Waals surface area contributed by atoms with Crippen LogP contribution in [0.5, 0.6) is 5.75 Å². The van der Waals surface area contributed by atoms with Gasteiger partial charge in [0.2, 0.25) is 0 Å². The van der Waals surface area contributed by atoms with Crippen molar-refractivity contribution in [1.82, 2.24) is 4.98 Å². The van der Waals surface area contributed by atoms with Crippen molar-refractivity contribution in [3.8, 4) is 17.0 Å². The number of aromatic nitrogens is 1. The summed E-state index contributed by atoms with van der Waals surface area (Å²) in [6.45, 7) is 1.91. The highest BCUT2D eigenvalue weighted by Crippen LogP contribution is 2.38. The van der Waals surface area contributed by atoms with Gasteiger partial charge in [-0.2, -0.15) is 0 Å². The smallest absolute Gasteiger partial charge is 0.257 e. The molecular formula is C29H29N3O3S. The molecule has 0 bridgehead atoms. The minimum Gasteiger partial charge on any atom is -0.497 e. The molecule has 5 rings (SSSR count). The van der Waals surface area contributed by atoms with E-state index in [-0.39, 0.29) is 5.91 Å². The second kappa shape index (κ2) is 10.1. The Morgan fingerprint density at radius 3 is 2.42 bits per heavy atom. The molecule has 2 aromatic heterocycles. The summed E-state index contributed by atoms with van der Waals surface area (Å²) in [5.74, 6) is -0.00131. The summed E-state index contributed by atoms with van der Waals surface area (Å²) in [6.07, 6.45) is 6.16. The Morgan fingerprint density at radius 1 is 0.972 bits per heavy atom. The SMILES string of the molecule is COc1ccc(-c2nc3ccccc3c(C(=O)Nc3sc4c(c3C(N)=O)CCCCCC4)c2C)cc1. The van der Waals surface area contributed by atoms with Gasteiger partial charge in [-0.25, -0.2) is 4.98 Å². The third-order valence-corrected chi connectivity index (χ3v) is 8.08. The number of pyridine rings is 1. The number of fused-ring (bicyclic) bond motifs is 2. The zero-order valence-electron chi connectivity index (χ0n) is 20.5. The largest absolute Gasteiger partial charge is 0.497 e. The molecule has 4 aromatic rings. The van der Waals surface area contributed by atoms with Crippen LogP contribution in [0.3, 0.4) is 0 Å². The molecule has 0 saturated heterocycles. The lowest BCUT2D eigenvalue weighted by Gasteiger charge is -2.15. The molecule has 2 heterocycles. The van der Waals surface area contributed by atoms with E-state index < -0.39 is 5.91 Å². The Bertz CT molecular complexity index is 1460. The van der Waals surface area contributed by atoms with Gasteiger partial charge in [0.15, 0.2) is 0 Å². The van der Waals surface area contributed by atoms with Crippen molar-refractivity contribution >= 4 is 39.1 Å². The van der Waals surface area contributed by atoms with Gasteiger partial charge in [0.25, 0.3) is 11.8 Å². The fourth-order valence-corrected chi connectivity index (χ4v) is 6.35. The van der Waals surface area contributed by atoms with E-state index in [0.717, 1.165) is 76.0 Å². The number of nitrogens with two attached hydrogens (primary N) is 1. The fourth-order valence-electron chi connectivity index (χ4n) is 5.06. The van der Waals surface area contributed by atoms with Gasteiger partial charge in [-0.1, -0.05) is 31.0 Å². The Morgan fingerprint density at radius 2 is 1.69 bits per heavy atom. The maximum Gasteiger partial charge on any atom is 0.257 e. The molecule has 1 aliphatic carbocycles. The third kappa shape index (κ3) is 4.46. The zero-order valence-corrected chi connectivity index (χ0v) is 21.3. The molecule has 2 amide bonds. The average molecular weight is 500 g/mol. The minimum absolute atomic E-state index is 0.266. The first-order valence-electron chi connectivity index (χ1n) is 12.3. The molecule has 0 aliphatic heterocycles. The fraction of sp³-hybridized carbons (Fsp3) is 0.276. The first-order valence-corrected chi connectivity index (χ1v) is 13.1. The predicted molar refractivity (Wildman–Crippen MR) is 145 cm³/mol. The summed E-state index contributed by atoms with van der Waals surface area (Å²) in [7, 11) is 1.63. The number of anilines is 1. The van der Waals surface area contributed by atoms with E-state index in [2.05, 4.69) is 5.32 Å². The summed E-state index contributed by atoms with van der Waals surface area (Å²) < 4.78 is 5.29. The number of nitrogens with one attached hydrogen (secondary N) is 1. The monoisotopic (exact) mass is 499 g/mol. The number of primary amides is 1. The number of methoxy groups -OCH3 is 1. The van der Waals surface area contributed by atoms with Crippen LogP contribution in [0, 0.1) is 6.92 Å². The first-order chi connectivity index (χ1) is 17.5. The van der Waals surface area contributed by atoms with E-state index in [1.54, 1.807) is 7.11 Å². The lowest BCUT2D eigenvalue weighted by Crippen LogP contribution is -2.19. The van der Waals surface area contributed by atoms with Crippen molar-refractivity contribution in [2.45, 2.75) is 45.4 Å². The summed E-state index contributed by atoms with van der Waals surface area (Å²) >= 11 is 1.49. The minimum atomic E-state index is -0.487. The number of benzene rings is 2. The van der Waals surface area contributed by atoms with Gasteiger partial charge >= 0.3 is 0 Å². The normalized spacial score (nSPS) is 13.5. The maximum absolute atomic E-state index is 13.9. The molecule has 184 valence electrons. The van der Waals surface area contributed by atoms with Gasteiger partial charge in [0.1, 0.15) is 10.8 Å². The number of thiophene rings is 1. The molecule has 1 aliphatic rings. The van der Waals surface area contributed by atoms with E-state index in [4.69, 9.17) is 15.5 Å². The molecule has 0 unspecified atom stereocenters. The van der Waals surface area contributed by atoms with Gasteiger partial charge in [0.05, 0.1) is 29.4 Å². The number of para-hydroxylation sites is 1. The molecule has 0 fully saturated rings. The van der Waals surface area contributed by atoms with E-state index in [0.29, 0.717) is 16.1 Å². The molecule has 36 heavy (non-hydrogen) atoms. The van der Waals surface area contributed by atoms with Crippen LogP contribution in [0.15, 0.2) is 48.5 Å². The molecule has 6 nitrogen and oxygen atoms in total. The Labute approximate surface area is 214 Å². The second-order valence-corrected chi connectivity index (χ2v) is 10.3. The topological polar surface area (TPSA) is 94.3 Å². The number of carbonyl (C=O) groups is 2. The molecule has 0 radical (unpaired) electrons. The maximum atomic E-state index is 13.9. The van der Waals surface area contributed by atoms with Crippen LogP contribution in [0.1, 0.15) is 62.4 Å². The zero-order chi connectivity index (χ0) is 25.2. The van der Waals surface area contributed by atoms with Crippen LogP contribution >= 0.6 is 11.3 Å². The summed E-state index contributed by atoms with van der Waals surface area (Å²) in [5, 5.41) is 4.38. The van der Waals surface area contributed by atoms with Crippen LogP contribution in [-0.2, 0) is 12.8 Å². The van der Waals surface area contributed by atoms with Crippen LogP contribution in [-0.4, -0.2) is 23.9 Å². The molecule has 2 aromatic carbocycles. The van der Waals surface area contributed by atoms with Crippen molar-refractivity contribution in [1.29, 1.82) is 0 Å². The van der Waals surface area contributed by atoms with Crippen LogP contribution < -0.4 is 15.8 Å². The number of ether oxygens (including phenoxy) is 1. The summed E-state index contributed by atoms with van der Waals surface area (Å²) in [4.78, 5) is 32.4. The predicted octanol–water partition coefficient (Wildman–Crippen LogP) is 6.29. The molecule has 0 spiro atoms. The second-order valence-electron chi connectivity index (χ2n) is 9.15. The van der Waals surface area contributed by atoms with Crippen molar-refractivity contribution in [2.24, 2.45) is 5.73 Å². The molecule has 0 saturated carbocycles. The molecule has 3 N–H and O–H groups in total. The van der Waals surface area contributed by atoms with Gasteiger partial charge in [-0.3, -0.25) is 9.59 Å². The standard InChI is InChI=1S/C29H29N3O3S/c1-17-24(20-9-7-8-11-22(20)31-26(17)18-13-15-19(35-2)16-14-18)28(34)32-29-25(27(30)33)21-10-5-3-4-6-12-23(21)36-29/h7-9,11,13-16H,3-6,10,12H2,1-2H3,(H2,30,33)(H,32,34). The number of aryl methyl sites for hydroxylation is 1. The highest BCUT2D eigenvalue weighted by molar-refractivity contribution is 7.17. The van der Waals surface area contributed by atoms with Crippen LogP contribution in [0.4, 0.5) is 5.00 Å². The number of rotatable bonds is 5. The molecular weight excluding hydrogens is 470 g/mol. The summed E-state index contributed by atoms with van der Waals surface area (Å²) in [5.41, 5.74) is 11.0. The Balaban J connectivity index is 1.60. The van der Waals surface area contributed by atoms with Gasteiger partial charge in [-0.15, -0.1) is 11.3 Å². The van der Waals surface area contributed by atoms with Crippen molar-refractivity contribution in [2.75, 3.05) is 12.4 Å². The lowest BCUT2D eigenvalue weighted by atomic mass is 9.96.